The molecule has 5 heteroatoms. The fourth-order valence-electron chi connectivity index (χ4n) is 2.11. The van der Waals surface area contributed by atoms with E-state index < -0.39 is 0 Å². The van der Waals surface area contributed by atoms with Gasteiger partial charge in [-0.25, -0.2) is 0 Å². The van der Waals surface area contributed by atoms with Crippen molar-refractivity contribution in [3.05, 3.63) is 36.0 Å². The zero-order valence-electron chi connectivity index (χ0n) is 11.1. The number of aromatic amines is 1. The molecular weight excluding hydrogens is 254 g/mol. The van der Waals surface area contributed by atoms with Crippen LogP contribution in [0.3, 0.4) is 0 Å². The Morgan fingerprint density at radius 2 is 2.10 bits per heavy atom. The summed E-state index contributed by atoms with van der Waals surface area (Å²) in [6, 6.07) is 7.79. The Morgan fingerprint density at radius 1 is 1.25 bits per heavy atom. The molecular formula is C15H17N3O2. The predicted octanol–water partition coefficient (Wildman–Crippen LogP) is 1.57. The molecule has 5 nitrogen and oxygen atoms in total. The molecule has 0 unspecified atom stereocenters. The van der Waals surface area contributed by atoms with E-state index in [-0.39, 0.29) is 11.8 Å². The SMILES string of the molecule is O=C(CCNC(=O)c1ccc2[nH]ccc2c1)NC1CC1. The number of nitrogens with one attached hydrogen (secondary N) is 3. The summed E-state index contributed by atoms with van der Waals surface area (Å²) in [6.45, 7) is 0.364. The van der Waals surface area contributed by atoms with Crippen LogP contribution in [0.1, 0.15) is 29.6 Å². The second kappa shape index (κ2) is 5.36. The van der Waals surface area contributed by atoms with E-state index in [1.54, 1.807) is 6.07 Å². The van der Waals surface area contributed by atoms with Crippen molar-refractivity contribution in [1.82, 2.24) is 15.6 Å². The summed E-state index contributed by atoms with van der Waals surface area (Å²) in [5.74, 6) is -0.138. The molecule has 1 heterocycles. The molecule has 104 valence electrons. The lowest BCUT2D eigenvalue weighted by Crippen LogP contribution is -2.31. The van der Waals surface area contributed by atoms with Crippen molar-refractivity contribution in [2.75, 3.05) is 6.54 Å². The second-order valence-corrected chi connectivity index (χ2v) is 5.13. The van der Waals surface area contributed by atoms with Crippen LogP contribution < -0.4 is 10.6 Å². The molecule has 1 aromatic carbocycles. The molecule has 2 amide bonds. The van der Waals surface area contributed by atoms with Crippen molar-refractivity contribution in [3.8, 4) is 0 Å². The van der Waals surface area contributed by atoms with E-state index in [1.165, 1.54) is 0 Å². The lowest BCUT2D eigenvalue weighted by molar-refractivity contribution is -0.121. The van der Waals surface area contributed by atoms with Gasteiger partial charge < -0.3 is 15.6 Å². The summed E-state index contributed by atoms with van der Waals surface area (Å²) in [7, 11) is 0. The van der Waals surface area contributed by atoms with E-state index in [4.69, 9.17) is 0 Å². The van der Waals surface area contributed by atoms with Crippen molar-refractivity contribution >= 4 is 22.7 Å². The maximum atomic E-state index is 12.0. The van der Waals surface area contributed by atoms with Crippen LogP contribution >= 0.6 is 0 Å². The molecule has 1 aromatic heterocycles. The predicted molar refractivity (Wildman–Crippen MR) is 76.4 cm³/mol. The number of hydrogen-bond donors (Lipinski definition) is 3. The monoisotopic (exact) mass is 271 g/mol. The minimum absolute atomic E-state index is 0.00823. The van der Waals surface area contributed by atoms with E-state index in [1.807, 2.05) is 24.4 Å². The van der Waals surface area contributed by atoms with Gasteiger partial charge in [0.25, 0.3) is 5.91 Å². The largest absolute Gasteiger partial charge is 0.361 e. The molecule has 2 aromatic rings. The van der Waals surface area contributed by atoms with E-state index in [0.717, 1.165) is 23.7 Å². The smallest absolute Gasteiger partial charge is 0.251 e. The fourth-order valence-corrected chi connectivity index (χ4v) is 2.11. The molecule has 0 saturated heterocycles. The van der Waals surface area contributed by atoms with Crippen molar-refractivity contribution in [2.45, 2.75) is 25.3 Å². The Bertz CT molecular complexity index is 643. The highest BCUT2D eigenvalue weighted by atomic mass is 16.2. The molecule has 1 fully saturated rings. The third-order valence-electron chi connectivity index (χ3n) is 3.40. The second-order valence-electron chi connectivity index (χ2n) is 5.13. The van der Waals surface area contributed by atoms with Crippen LogP contribution in [0.4, 0.5) is 0 Å². The number of amides is 2. The Balaban J connectivity index is 1.51. The number of fused-ring (bicyclic) bond motifs is 1. The average molecular weight is 271 g/mol. The van der Waals surface area contributed by atoms with Crippen molar-refractivity contribution in [2.24, 2.45) is 0 Å². The summed E-state index contributed by atoms with van der Waals surface area (Å²) >= 11 is 0. The van der Waals surface area contributed by atoms with E-state index in [9.17, 15) is 9.59 Å². The molecule has 0 bridgehead atoms. The van der Waals surface area contributed by atoms with Crippen LogP contribution in [-0.2, 0) is 4.79 Å². The number of rotatable bonds is 5. The highest BCUT2D eigenvalue weighted by molar-refractivity contribution is 5.98. The third-order valence-corrected chi connectivity index (χ3v) is 3.40. The van der Waals surface area contributed by atoms with Crippen molar-refractivity contribution in [3.63, 3.8) is 0 Å². The minimum Gasteiger partial charge on any atom is -0.361 e. The molecule has 0 radical (unpaired) electrons. The van der Waals surface area contributed by atoms with Crippen LogP contribution in [0, 0.1) is 0 Å². The van der Waals surface area contributed by atoms with Gasteiger partial charge in [0.1, 0.15) is 0 Å². The van der Waals surface area contributed by atoms with Crippen LogP contribution in [0.15, 0.2) is 30.5 Å². The first-order chi connectivity index (χ1) is 9.72. The van der Waals surface area contributed by atoms with Gasteiger partial charge in [-0.3, -0.25) is 9.59 Å². The molecule has 3 N–H and O–H groups in total. The first-order valence-corrected chi connectivity index (χ1v) is 6.87. The topological polar surface area (TPSA) is 74.0 Å². The van der Waals surface area contributed by atoms with Crippen molar-refractivity contribution < 1.29 is 9.59 Å². The molecule has 20 heavy (non-hydrogen) atoms. The first-order valence-electron chi connectivity index (χ1n) is 6.87. The molecule has 0 spiro atoms. The molecule has 0 aliphatic heterocycles. The third kappa shape index (κ3) is 2.99. The van der Waals surface area contributed by atoms with Gasteiger partial charge in [0.15, 0.2) is 0 Å². The lowest BCUT2D eigenvalue weighted by atomic mass is 10.1. The Hall–Kier alpha value is -2.30. The molecule has 1 aliphatic rings. The average Bonchev–Trinajstić information content (AvgIpc) is 3.12. The normalized spacial score (nSPS) is 14.2. The van der Waals surface area contributed by atoms with E-state index in [0.29, 0.717) is 24.6 Å². The van der Waals surface area contributed by atoms with Crippen molar-refractivity contribution in [1.29, 1.82) is 0 Å². The summed E-state index contributed by atoms with van der Waals surface area (Å²) in [5.41, 5.74) is 1.62. The van der Waals surface area contributed by atoms with Gasteiger partial charge in [-0.2, -0.15) is 0 Å². The van der Waals surface area contributed by atoms with Gasteiger partial charge in [-0.05, 0) is 37.1 Å². The quantitative estimate of drug-likeness (QED) is 0.772. The lowest BCUT2D eigenvalue weighted by Gasteiger charge is -2.06. The number of H-pyrrole nitrogens is 1. The standard InChI is InChI=1S/C15H17N3O2/c19-14(18-12-2-3-12)6-8-17-15(20)11-1-4-13-10(9-11)5-7-16-13/h1,4-5,7,9,12,16H,2-3,6,8H2,(H,17,20)(H,18,19). The highest BCUT2D eigenvalue weighted by Gasteiger charge is 2.22. The summed E-state index contributed by atoms with van der Waals surface area (Å²) in [5, 5.41) is 6.67. The molecule has 0 atom stereocenters. The fraction of sp³-hybridized carbons (Fsp3) is 0.333. The number of carbonyl (C=O) groups is 2. The van der Waals surface area contributed by atoms with Gasteiger partial charge in [0, 0.05) is 41.7 Å². The van der Waals surface area contributed by atoms with Gasteiger partial charge in [-0.1, -0.05) is 0 Å². The Kier molecular flexibility index (Phi) is 3.41. The molecule has 1 saturated carbocycles. The summed E-state index contributed by atoms with van der Waals surface area (Å²) in [6.07, 6.45) is 4.33. The Morgan fingerprint density at radius 3 is 2.90 bits per heavy atom. The zero-order valence-corrected chi connectivity index (χ0v) is 11.1. The number of benzene rings is 1. The van der Waals surface area contributed by atoms with Gasteiger partial charge in [0.2, 0.25) is 5.91 Å². The Labute approximate surface area is 116 Å². The number of hydrogen-bond acceptors (Lipinski definition) is 2. The summed E-state index contributed by atoms with van der Waals surface area (Å²) in [4.78, 5) is 26.5. The van der Waals surface area contributed by atoms with Gasteiger partial charge >= 0.3 is 0 Å². The van der Waals surface area contributed by atoms with Crippen LogP contribution in [0.25, 0.3) is 10.9 Å². The van der Waals surface area contributed by atoms with Crippen LogP contribution in [0.5, 0.6) is 0 Å². The maximum Gasteiger partial charge on any atom is 0.251 e. The van der Waals surface area contributed by atoms with Gasteiger partial charge in [-0.15, -0.1) is 0 Å². The van der Waals surface area contributed by atoms with Crippen LogP contribution in [0.2, 0.25) is 0 Å². The molecule has 3 rings (SSSR count). The first kappa shape index (κ1) is 12.7. The molecule has 1 aliphatic carbocycles. The zero-order chi connectivity index (χ0) is 13.9. The van der Waals surface area contributed by atoms with Gasteiger partial charge in [0.05, 0.1) is 0 Å². The highest BCUT2D eigenvalue weighted by Crippen LogP contribution is 2.18. The van der Waals surface area contributed by atoms with E-state index >= 15 is 0 Å². The number of aromatic nitrogens is 1. The number of carbonyl (C=O) groups excluding carboxylic acids is 2. The van der Waals surface area contributed by atoms with E-state index in [2.05, 4.69) is 15.6 Å². The summed E-state index contributed by atoms with van der Waals surface area (Å²) < 4.78 is 0. The minimum atomic E-state index is -0.146. The van der Waals surface area contributed by atoms with Crippen LogP contribution in [-0.4, -0.2) is 29.4 Å². The maximum absolute atomic E-state index is 12.0.